The van der Waals surface area contributed by atoms with Crippen LogP contribution < -0.4 is 19.5 Å². The van der Waals surface area contributed by atoms with E-state index in [1.807, 2.05) is 12.1 Å². The van der Waals surface area contributed by atoms with E-state index in [0.717, 1.165) is 43.0 Å². The molecule has 4 rings (SSSR count). The third-order valence-corrected chi connectivity index (χ3v) is 5.21. The van der Waals surface area contributed by atoms with Crippen molar-refractivity contribution in [1.29, 1.82) is 0 Å². The van der Waals surface area contributed by atoms with Gasteiger partial charge in [0.2, 0.25) is 5.75 Å². The van der Waals surface area contributed by atoms with Crippen molar-refractivity contribution < 1.29 is 23.0 Å². The number of anilines is 1. The van der Waals surface area contributed by atoms with E-state index in [0.29, 0.717) is 28.8 Å². The van der Waals surface area contributed by atoms with Crippen LogP contribution in [0.25, 0.3) is 16.9 Å². The Bertz CT molecular complexity index is 1060. The van der Waals surface area contributed by atoms with Gasteiger partial charge in [-0.1, -0.05) is 0 Å². The molecule has 2 aromatic carbocycles. The second-order valence-electron chi connectivity index (χ2n) is 6.98. The van der Waals surface area contributed by atoms with Gasteiger partial charge >= 0.3 is 0 Å². The van der Waals surface area contributed by atoms with Crippen molar-refractivity contribution in [2.24, 2.45) is 0 Å². The minimum atomic E-state index is -0.678. The molecule has 0 spiro atoms. The van der Waals surface area contributed by atoms with E-state index >= 15 is 0 Å². The highest BCUT2D eigenvalue weighted by Gasteiger charge is 2.25. The monoisotopic (exact) mass is 415 g/mol. The second kappa shape index (κ2) is 8.22. The number of aromatic nitrogens is 2. The van der Waals surface area contributed by atoms with Gasteiger partial charge in [0, 0.05) is 23.7 Å². The Morgan fingerprint density at radius 3 is 2.33 bits per heavy atom. The summed E-state index contributed by atoms with van der Waals surface area (Å²) in [5, 5.41) is 8.07. The van der Waals surface area contributed by atoms with Gasteiger partial charge < -0.3 is 19.5 Å². The minimum Gasteiger partial charge on any atom is -0.493 e. The molecule has 0 bridgehead atoms. The SMILES string of the molecule is COc1cc(-c2nn(-c3ccc(F)cc3F)c3c2CCCCN3)cc(OC)c1OC. The van der Waals surface area contributed by atoms with Gasteiger partial charge in [-0.3, -0.25) is 0 Å². The molecule has 0 aliphatic carbocycles. The number of rotatable bonds is 5. The summed E-state index contributed by atoms with van der Waals surface area (Å²) >= 11 is 0. The van der Waals surface area contributed by atoms with Gasteiger partial charge in [0.25, 0.3) is 0 Å². The van der Waals surface area contributed by atoms with Crippen LogP contribution in [0.3, 0.4) is 0 Å². The quantitative estimate of drug-likeness (QED) is 0.661. The maximum Gasteiger partial charge on any atom is 0.203 e. The van der Waals surface area contributed by atoms with Crippen LogP contribution in [-0.4, -0.2) is 37.7 Å². The highest BCUT2D eigenvalue weighted by molar-refractivity contribution is 5.75. The molecule has 0 radical (unpaired) electrons. The third kappa shape index (κ3) is 3.42. The Labute approximate surface area is 173 Å². The Balaban J connectivity index is 1.94. The van der Waals surface area contributed by atoms with Gasteiger partial charge in [0.1, 0.15) is 17.3 Å². The first kappa shape index (κ1) is 20.0. The van der Waals surface area contributed by atoms with Crippen LogP contribution in [0.5, 0.6) is 17.2 Å². The van der Waals surface area contributed by atoms with E-state index in [2.05, 4.69) is 5.32 Å². The van der Waals surface area contributed by atoms with Crippen LogP contribution >= 0.6 is 0 Å². The van der Waals surface area contributed by atoms with E-state index in [1.165, 1.54) is 16.8 Å². The van der Waals surface area contributed by atoms with Crippen molar-refractivity contribution in [2.75, 3.05) is 33.2 Å². The molecule has 8 heteroatoms. The highest BCUT2D eigenvalue weighted by atomic mass is 19.1. The lowest BCUT2D eigenvalue weighted by atomic mass is 10.0. The summed E-state index contributed by atoms with van der Waals surface area (Å²) in [5.74, 6) is 0.892. The number of benzene rings is 2. The zero-order valence-electron chi connectivity index (χ0n) is 17.1. The van der Waals surface area contributed by atoms with Crippen molar-refractivity contribution in [2.45, 2.75) is 19.3 Å². The summed E-state index contributed by atoms with van der Waals surface area (Å²) < 4.78 is 45.9. The van der Waals surface area contributed by atoms with Gasteiger partial charge in [-0.15, -0.1) is 0 Å². The number of hydrogen-bond acceptors (Lipinski definition) is 5. The fraction of sp³-hybridized carbons (Fsp3) is 0.318. The van der Waals surface area contributed by atoms with E-state index < -0.39 is 11.6 Å². The second-order valence-corrected chi connectivity index (χ2v) is 6.98. The molecule has 0 atom stereocenters. The summed E-state index contributed by atoms with van der Waals surface area (Å²) in [6, 6.07) is 7.12. The predicted molar refractivity (Wildman–Crippen MR) is 110 cm³/mol. The van der Waals surface area contributed by atoms with E-state index in [4.69, 9.17) is 19.3 Å². The molecule has 1 aliphatic heterocycles. The summed E-state index contributed by atoms with van der Waals surface area (Å²) in [4.78, 5) is 0. The van der Waals surface area contributed by atoms with Crippen LogP contribution in [0.4, 0.5) is 14.6 Å². The van der Waals surface area contributed by atoms with Crippen molar-refractivity contribution in [3.8, 4) is 34.2 Å². The zero-order chi connectivity index (χ0) is 21.3. The molecule has 0 amide bonds. The van der Waals surface area contributed by atoms with Crippen LogP contribution in [0.1, 0.15) is 18.4 Å². The largest absolute Gasteiger partial charge is 0.493 e. The average Bonchev–Trinajstić information content (AvgIpc) is 2.93. The summed E-state index contributed by atoms with van der Waals surface area (Å²) in [5.41, 5.74) is 2.58. The standard InChI is InChI=1S/C22H23F2N3O3/c1-28-18-10-13(11-19(29-2)21(18)30-3)20-15-6-4-5-9-25-22(15)27(26-20)17-8-7-14(23)12-16(17)24/h7-8,10-12,25H,4-6,9H2,1-3H3. The molecular weight excluding hydrogens is 392 g/mol. The third-order valence-electron chi connectivity index (χ3n) is 5.21. The summed E-state index contributed by atoms with van der Waals surface area (Å²) in [6.07, 6.45) is 2.72. The van der Waals surface area contributed by atoms with Gasteiger partial charge in [-0.2, -0.15) is 5.10 Å². The van der Waals surface area contributed by atoms with E-state index in [-0.39, 0.29) is 5.69 Å². The Kier molecular flexibility index (Phi) is 5.48. The lowest BCUT2D eigenvalue weighted by Crippen LogP contribution is -2.08. The van der Waals surface area contributed by atoms with Crippen molar-refractivity contribution in [1.82, 2.24) is 9.78 Å². The Hall–Kier alpha value is -3.29. The first-order chi connectivity index (χ1) is 14.6. The number of methoxy groups -OCH3 is 3. The smallest absolute Gasteiger partial charge is 0.203 e. The molecule has 0 fully saturated rings. The maximum absolute atomic E-state index is 14.6. The number of hydrogen-bond donors (Lipinski definition) is 1. The maximum atomic E-state index is 14.6. The van der Waals surface area contributed by atoms with Gasteiger partial charge in [-0.25, -0.2) is 13.5 Å². The molecule has 30 heavy (non-hydrogen) atoms. The molecule has 1 N–H and O–H groups in total. The number of halogens is 2. The minimum absolute atomic E-state index is 0.181. The van der Waals surface area contributed by atoms with Gasteiger partial charge in [0.05, 0.1) is 27.0 Å². The molecule has 2 heterocycles. The first-order valence-electron chi connectivity index (χ1n) is 9.69. The average molecular weight is 415 g/mol. The van der Waals surface area contributed by atoms with Crippen LogP contribution in [0, 0.1) is 11.6 Å². The fourth-order valence-corrected chi connectivity index (χ4v) is 3.78. The lowest BCUT2D eigenvalue weighted by molar-refractivity contribution is 0.324. The summed E-state index contributed by atoms with van der Waals surface area (Å²) in [7, 11) is 4.65. The van der Waals surface area contributed by atoms with Crippen molar-refractivity contribution >= 4 is 5.82 Å². The lowest BCUT2D eigenvalue weighted by Gasteiger charge is -2.14. The fourth-order valence-electron chi connectivity index (χ4n) is 3.78. The van der Waals surface area contributed by atoms with Gasteiger partial charge in [0.15, 0.2) is 17.3 Å². The van der Waals surface area contributed by atoms with Crippen molar-refractivity contribution in [3.05, 3.63) is 47.5 Å². The van der Waals surface area contributed by atoms with Crippen LogP contribution in [0.15, 0.2) is 30.3 Å². The predicted octanol–water partition coefficient (Wildman–Crippen LogP) is 4.59. The molecular formula is C22H23F2N3O3. The highest BCUT2D eigenvalue weighted by Crippen LogP contribution is 2.43. The van der Waals surface area contributed by atoms with E-state index in [1.54, 1.807) is 21.3 Å². The topological polar surface area (TPSA) is 57.5 Å². The Morgan fingerprint density at radius 2 is 1.70 bits per heavy atom. The molecule has 1 aliphatic rings. The summed E-state index contributed by atoms with van der Waals surface area (Å²) in [6.45, 7) is 0.746. The molecule has 3 aromatic rings. The van der Waals surface area contributed by atoms with Gasteiger partial charge in [-0.05, 0) is 43.5 Å². The number of nitrogens with zero attached hydrogens (tertiary/aromatic N) is 2. The van der Waals surface area contributed by atoms with Crippen LogP contribution in [-0.2, 0) is 6.42 Å². The van der Waals surface area contributed by atoms with E-state index in [9.17, 15) is 8.78 Å². The molecule has 0 saturated heterocycles. The molecule has 0 saturated carbocycles. The zero-order valence-corrected chi connectivity index (χ0v) is 17.1. The number of ether oxygens (including phenoxy) is 3. The molecule has 1 aromatic heterocycles. The first-order valence-corrected chi connectivity index (χ1v) is 9.69. The molecule has 0 unspecified atom stereocenters. The number of nitrogens with one attached hydrogen (secondary N) is 1. The number of fused-ring (bicyclic) bond motifs is 1. The Morgan fingerprint density at radius 1 is 0.967 bits per heavy atom. The van der Waals surface area contributed by atoms with Crippen molar-refractivity contribution in [3.63, 3.8) is 0 Å². The molecule has 6 nitrogen and oxygen atoms in total. The molecule has 158 valence electrons. The normalized spacial score (nSPS) is 13.2. The van der Waals surface area contributed by atoms with Crippen LogP contribution in [0.2, 0.25) is 0 Å².